The number of rotatable bonds is 3. The maximum atomic E-state index is 13.0. The summed E-state index contributed by atoms with van der Waals surface area (Å²) in [7, 11) is 0. The van der Waals surface area contributed by atoms with E-state index >= 15 is 0 Å². The highest BCUT2D eigenvalue weighted by molar-refractivity contribution is 6.46. The van der Waals surface area contributed by atoms with E-state index in [9.17, 15) is 4.79 Å². The number of aromatic nitrogens is 4. The monoisotopic (exact) mass is 383 g/mol. The fourth-order valence-corrected chi connectivity index (χ4v) is 3.57. The Kier molecular flexibility index (Phi) is 3.88. The number of aromatic amines is 1. The Bertz CT molecular complexity index is 1280. The molecular formula is C20H13N7O2. The fourth-order valence-electron chi connectivity index (χ4n) is 3.57. The molecule has 0 aliphatic carbocycles. The Balaban J connectivity index is 1.62. The van der Waals surface area contributed by atoms with Gasteiger partial charge in [0.2, 0.25) is 0 Å². The summed E-state index contributed by atoms with van der Waals surface area (Å²) in [6.45, 7) is 7.82. The molecule has 9 nitrogen and oxygen atoms in total. The van der Waals surface area contributed by atoms with E-state index in [-0.39, 0.29) is 5.71 Å². The quantitative estimate of drug-likeness (QED) is 0.528. The molecule has 0 bridgehead atoms. The van der Waals surface area contributed by atoms with E-state index in [1.54, 1.807) is 24.4 Å². The van der Waals surface area contributed by atoms with Gasteiger partial charge in [-0.3, -0.25) is 9.89 Å². The molecule has 2 aromatic heterocycles. The van der Waals surface area contributed by atoms with Crippen molar-refractivity contribution in [3.05, 3.63) is 77.3 Å². The topological polar surface area (TPSA) is 113 Å². The van der Waals surface area contributed by atoms with Crippen LogP contribution in [0.25, 0.3) is 15.9 Å². The van der Waals surface area contributed by atoms with Gasteiger partial charge < -0.3 is 10.2 Å². The lowest BCUT2D eigenvalue weighted by molar-refractivity contribution is -0.110. The highest BCUT2D eigenvalue weighted by Gasteiger charge is 2.44. The number of nitrogens with one attached hydrogen (secondary N) is 2. The van der Waals surface area contributed by atoms with Crippen molar-refractivity contribution in [3.8, 4) is 0 Å². The maximum Gasteiger partial charge on any atom is 0.281 e. The number of hydrogen-bond acceptors (Lipinski definition) is 6. The van der Waals surface area contributed by atoms with Crippen molar-refractivity contribution < 1.29 is 9.42 Å². The van der Waals surface area contributed by atoms with Crippen molar-refractivity contribution in [3.63, 3.8) is 0 Å². The molecule has 0 saturated carbocycles. The molecule has 2 atom stereocenters. The zero-order valence-electron chi connectivity index (χ0n) is 14.9. The molecule has 9 heteroatoms. The number of carbonyl (C=O) groups excluding carboxylic acids is 1. The molecule has 5 rings (SSSR count). The van der Waals surface area contributed by atoms with Crippen molar-refractivity contribution in [1.29, 1.82) is 0 Å². The number of anilines is 1. The standard InChI is InChI=1S/C20H13N7O2/c1-21-17-15(12-8-5-9-14-16(12)27-29-26-14)13-10-22-25-19(13)24-18(17)20(28)23-11-6-3-2-4-7-11/h2-10,15,17H,(H,22,25)(H,23,28). The molecule has 4 aromatic rings. The van der Waals surface area contributed by atoms with Gasteiger partial charge in [-0.15, -0.1) is 0 Å². The van der Waals surface area contributed by atoms with Gasteiger partial charge in [-0.1, -0.05) is 30.3 Å². The van der Waals surface area contributed by atoms with Crippen LogP contribution in [0.3, 0.4) is 0 Å². The Morgan fingerprint density at radius 2 is 1.97 bits per heavy atom. The van der Waals surface area contributed by atoms with E-state index in [4.69, 9.17) is 11.2 Å². The summed E-state index contributed by atoms with van der Waals surface area (Å²) in [4.78, 5) is 21.2. The smallest absolute Gasteiger partial charge is 0.281 e. The minimum absolute atomic E-state index is 0.110. The van der Waals surface area contributed by atoms with E-state index in [0.29, 0.717) is 22.5 Å². The van der Waals surface area contributed by atoms with E-state index in [0.717, 1.165) is 11.1 Å². The molecule has 3 heterocycles. The number of H-pyrrole nitrogens is 1. The number of fused-ring (bicyclic) bond motifs is 2. The molecule has 29 heavy (non-hydrogen) atoms. The third-order valence-electron chi connectivity index (χ3n) is 4.87. The second-order valence-electron chi connectivity index (χ2n) is 6.52. The SMILES string of the molecule is [C-]#[N+]C1C(C(=O)Nc2ccccc2)=Nc2[nH]ncc2C1c1cccc2nonc12. The molecule has 1 amide bonds. The summed E-state index contributed by atoms with van der Waals surface area (Å²) in [5.74, 6) is -0.486. The molecule has 0 spiro atoms. The average Bonchev–Trinajstić information content (AvgIpc) is 3.42. The van der Waals surface area contributed by atoms with Gasteiger partial charge in [-0.05, 0) is 34.1 Å². The molecule has 2 unspecified atom stereocenters. The van der Waals surface area contributed by atoms with Gasteiger partial charge in [0.15, 0.2) is 11.5 Å². The Morgan fingerprint density at radius 3 is 2.79 bits per heavy atom. The number of para-hydroxylation sites is 1. The van der Waals surface area contributed by atoms with Crippen molar-refractivity contribution >= 4 is 34.2 Å². The first-order valence-corrected chi connectivity index (χ1v) is 8.82. The van der Waals surface area contributed by atoms with E-state index < -0.39 is 17.9 Å². The van der Waals surface area contributed by atoms with Crippen LogP contribution in [-0.4, -0.2) is 38.2 Å². The van der Waals surface area contributed by atoms with E-state index in [2.05, 4.69) is 35.7 Å². The van der Waals surface area contributed by atoms with Gasteiger partial charge in [0.05, 0.1) is 12.1 Å². The van der Waals surface area contributed by atoms with E-state index in [1.807, 2.05) is 30.3 Å². The second kappa shape index (κ2) is 6.69. The summed E-state index contributed by atoms with van der Waals surface area (Å²) in [5, 5.41) is 17.6. The lowest BCUT2D eigenvalue weighted by Gasteiger charge is -2.23. The van der Waals surface area contributed by atoms with Crippen LogP contribution in [0.2, 0.25) is 0 Å². The molecule has 2 N–H and O–H groups in total. The number of aliphatic imine (C=N–C) groups is 1. The highest BCUT2D eigenvalue weighted by Crippen LogP contribution is 2.41. The number of amides is 1. The zero-order valence-corrected chi connectivity index (χ0v) is 14.9. The Hall–Kier alpha value is -4.32. The largest absolute Gasteiger partial charge is 0.321 e. The fraction of sp³-hybridized carbons (Fsp3) is 0.100. The van der Waals surface area contributed by atoms with E-state index in [1.165, 1.54) is 0 Å². The highest BCUT2D eigenvalue weighted by atomic mass is 16.6. The number of benzene rings is 2. The lowest BCUT2D eigenvalue weighted by atomic mass is 9.81. The molecule has 0 radical (unpaired) electrons. The van der Waals surface area contributed by atoms with Gasteiger partial charge in [-0.2, -0.15) is 5.10 Å². The van der Waals surface area contributed by atoms with Gasteiger partial charge in [0, 0.05) is 11.3 Å². The molecule has 0 saturated heterocycles. The lowest BCUT2D eigenvalue weighted by Crippen LogP contribution is -2.37. The minimum atomic E-state index is -0.855. The summed E-state index contributed by atoms with van der Waals surface area (Å²) in [5.41, 5.74) is 3.31. The van der Waals surface area contributed by atoms with Crippen molar-refractivity contribution in [2.45, 2.75) is 12.0 Å². The van der Waals surface area contributed by atoms with Crippen molar-refractivity contribution in [2.24, 2.45) is 4.99 Å². The summed E-state index contributed by atoms with van der Waals surface area (Å²) in [6, 6.07) is 13.6. The molecule has 140 valence electrons. The maximum absolute atomic E-state index is 13.0. The van der Waals surface area contributed by atoms with Crippen LogP contribution in [0.15, 0.2) is 64.3 Å². The second-order valence-corrected chi connectivity index (χ2v) is 6.52. The average molecular weight is 383 g/mol. The summed E-state index contributed by atoms with van der Waals surface area (Å²) >= 11 is 0. The minimum Gasteiger partial charge on any atom is -0.321 e. The van der Waals surface area contributed by atoms with Gasteiger partial charge in [-0.25, -0.2) is 16.2 Å². The first-order valence-electron chi connectivity index (χ1n) is 8.82. The van der Waals surface area contributed by atoms with Gasteiger partial charge >= 0.3 is 0 Å². The third kappa shape index (κ3) is 2.74. The number of carbonyl (C=O) groups is 1. The Labute approximate surface area is 164 Å². The van der Waals surface area contributed by atoms with Gasteiger partial charge in [0.1, 0.15) is 11.0 Å². The molecular weight excluding hydrogens is 370 g/mol. The van der Waals surface area contributed by atoms with Crippen LogP contribution in [0.5, 0.6) is 0 Å². The third-order valence-corrected chi connectivity index (χ3v) is 4.87. The molecule has 0 fully saturated rings. The van der Waals surface area contributed by atoms with Crippen LogP contribution in [0.1, 0.15) is 17.0 Å². The zero-order chi connectivity index (χ0) is 19.8. The van der Waals surface area contributed by atoms with Crippen LogP contribution < -0.4 is 5.32 Å². The van der Waals surface area contributed by atoms with Crippen molar-refractivity contribution in [1.82, 2.24) is 20.5 Å². The molecule has 1 aliphatic heterocycles. The normalized spacial score (nSPS) is 18.0. The molecule has 1 aliphatic rings. The first-order chi connectivity index (χ1) is 14.3. The van der Waals surface area contributed by atoms with Crippen LogP contribution in [-0.2, 0) is 4.79 Å². The number of nitrogens with zero attached hydrogens (tertiary/aromatic N) is 5. The Morgan fingerprint density at radius 1 is 1.10 bits per heavy atom. The predicted molar refractivity (Wildman–Crippen MR) is 105 cm³/mol. The molecule has 2 aromatic carbocycles. The van der Waals surface area contributed by atoms with Gasteiger partial charge in [0.25, 0.3) is 11.9 Å². The number of hydrogen-bond donors (Lipinski definition) is 2. The summed E-state index contributed by atoms with van der Waals surface area (Å²) < 4.78 is 4.88. The van der Waals surface area contributed by atoms with Crippen molar-refractivity contribution in [2.75, 3.05) is 5.32 Å². The predicted octanol–water partition coefficient (Wildman–Crippen LogP) is 3.09. The van der Waals surface area contributed by atoms with Crippen LogP contribution in [0.4, 0.5) is 11.5 Å². The van der Waals surface area contributed by atoms with Crippen LogP contribution >= 0.6 is 0 Å². The first kappa shape index (κ1) is 16.8. The summed E-state index contributed by atoms with van der Waals surface area (Å²) in [6.07, 6.45) is 1.62. The van der Waals surface area contributed by atoms with Crippen LogP contribution in [0, 0.1) is 6.57 Å².